The van der Waals surface area contributed by atoms with Crippen molar-refractivity contribution in [2.24, 2.45) is 0 Å². The van der Waals surface area contributed by atoms with Gasteiger partial charge in [0.05, 0.1) is 11.0 Å². The van der Waals surface area contributed by atoms with E-state index in [1.807, 2.05) is 24.3 Å². The number of ether oxygens (including phenoxy) is 1. The molecule has 0 unspecified atom stereocenters. The van der Waals surface area contributed by atoms with E-state index < -0.39 is 0 Å². The van der Waals surface area contributed by atoms with Crippen molar-refractivity contribution < 1.29 is 4.74 Å². The van der Waals surface area contributed by atoms with E-state index in [1.165, 1.54) is 22.1 Å². The van der Waals surface area contributed by atoms with E-state index in [-0.39, 0.29) is 0 Å². The number of hydrogen-bond acceptors (Lipinski definition) is 2. The van der Waals surface area contributed by atoms with Crippen molar-refractivity contribution in [2.45, 2.75) is 0 Å². The first-order valence-electron chi connectivity index (χ1n) is 14.9. The maximum Gasteiger partial charge on any atom is 0.145 e. The zero-order chi connectivity index (χ0) is 29.0. The van der Waals surface area contributed by atoms with Crippen molar-refractivity contribution in [1.82, 2.24) is 9.55 Å². The predicted molar refractivity (Wildman–Crippen MR) is 180 cm³/mol. The van der Waals surface area contributed by atoms with Crippen LogP contribution in [0.5, 0.6) is 11.5 Å². The largest absolute Gasteiger partial charge is 0.456 e. The maximum absolute atomic E-state index is 6.33. The third kappa shape index (κ3) is 3.87. The van der Waals surface area contributed by atoms with E-state index in [4.69, 9.17) is 9.72 Å². The molecule has 0 radical (unpaired) electrons. The van der Waals surface area contributed by atoms with Crippen LogP contribution in [0.3, 0.4) is 0 Å². The fourth-order valence-corrected chi connectivity index (χ4v) is 6.55. The SMILES string of the molecule is c1ccc(-c2ccc3c(c2)nc(-c2ccccc2)n3-c2ccc(-c3ccc4c5c(cccc35)-c3ccccc3O4)cc2)cc1. The normalized spacial score (nSPS) is 11.8. The first-order valence-corrected chi connectivity index (χ1v) is 14.9. The van der Waals surface area contributed by atoms with E-state index in [1.54, 1.807) is 0 Å². The summed E-state index contributed by atoms with van der Waals surface area (Å²) in [7, 11) is 0. The van der Waals surface area contributed by atoms with Crippen LogP contribution in [0.2, 0.25) is 0 Å². The van der Waals surface area contributed by atoms with Crippen LogP contribution >= 0.6 is 0 Å². The number of aromatic nitrogens is 2. The van der Waals surface area contributed by atoms with E-state index in [9.17, 15) is 0 Å². The highest BCUT2D eigenvalue weighted by Crippen LogP contribution is 2.48. The van der Waals surface area contributed by atoms with Gasteiger partial charge in [-0.3, -0.25) is 4.57 Å². The van der Waals surface area contributed by atoms with Crippen molar-refractivity contribution in [1.29, 1.82) is 0 Å². The molecule has 0 saturated heterocycles. The minimum atomic E-state index is 0.905. The minimum Gasteiger partial charge on any atom is -0.456 e. The summed E-state index contributed by atoms with van der Waals surface area (Å²) in [6.45, 7) is 0. The Balaban J connectivity index is 1.18. The Morgan fingerprint density at radius 1 is 0.455 bits per heavy atom. The van der Waals surface area contributed by atoms with Gasteiger partial charge in [0.2, 0.25) is 0 Å². The number of imidazole rings is 1. The minimum absolute atomic E-state index is 0.905. The van der Waals surface area contributed by atoms with Gasteiger partial charge in [-0.1, -0.05) is 121 Å². The van der Waals surface area contributed by atoms with Crippen LogP contribution in [-0.4, -0.2) is 9.55 Å². The predicted octanol–water partition coefficient (Wildman–Crippen LogP) is 11.0. The van der Waals surface area contributed by atoms with Crippen molar-refractivity contribution in [3.05, 3.63) is 158 Å². The number of fused-ring (bicyclic) bond motifs is 3. The Bertz CT molecular complexity index is 2340. The molecule has 1 aliphatic heterocycles. The first-order chi connectivity index (χ1) is 21.8. The lowest BCUT2D eigenvalue weighted by atomic mass is 9.90. The van der Waals surface area contributed by atoms with Crippen molar-refractivity contribution in [3.63, 3.8) is 0 Å². The molecular weight excluding hydrogens is 536 g/mol. The van der Waals surface area contributed by atoms with Crippen molar-refractivity contribution in [2.75, 3.05) is 0 Å². The molecule has 0 bridgehead atoms. The number of rotatable bonds is 4. The summed E-state index contributed by atoms with van der Waals surface area (Å²) < 4.78 is 8.60. The second-order valence-electron chi connectivity index (χ2n) is 11.2. The second-order valence-corrected chi connectivity index (χ2v) is 11.2. The van der Waals surface area contributed by atoms with Gasteiger partial charge in [0, 0.05) is 22.2 Å². The molecule has 0 atom stereocenters. The topological polar surface area (TPSA) is 27.1 Å². The van der Waals surface area contributed by atoms with Crippen molar-refractivity contribution in [3.8, 4) is 62.0 Å². The monoisotopic (exact) mass is 562 g/mol. The van der Waals surface area contributed by atoms with Crippen LogP contribution in [0.4, 0.5) is 0 Å². The fourth-order valence-electron chi connectivity index (χ4n) is 6.55. The van der Waals surface area contributed by atoms with Crippen LogP contribution in [-0.2, 0) is 0 Å². The number of hydrogen-bond donors (Lipinski definition) is 0. The molecule has 9 rings (SSSR count). The first kappa shape index (κ1) is 24.6. The van der Waals surface area contributed by atoms with Gasteiger partial charge in [-0.05, 0) is 69.6 Å². The zero-order valence-corrected chi connectivity index (χ0v) is 23.8. The van der Waals surface area contributed by atoms with Gasteiger partial charge in [0.25, 0.3) is 0 Å². The molecule has 206 valence electrons. The summed E-state index contributed by atoms with van der Waals surface area (Å²) in [5.41, 5.74) is 11.2. The van der Waals surface area contributed by atoms with Crippen LogP contribution in [0.15, 0.2) is 158 Å². The molecule has 0 aliphatic carbocycles. The summed E-state index contributed by atoms with van der Waals surface area (Å²) in [4.78, 5) is 5.17. The van der Waals surface area contributed by atoms with Crippen LogP contribution in [0.25, 0.3) is 72.3 Å². The molecule has 0 spiro atoms. The highest BCUT2D eigenvalue weighted by molar-refractivity contribution is 6.09. The van der Waals surface area contributed by atoms with Crippen LogP contribution in [0.1, 0.15) is 0 Å². The molecule has 8 aromatic rings. The average molecular weight is 563 g/mol. The van der Waals surface area contributed by atoms with Gasteiger partial charge in [-0.25, -0.2) is 4.98 Å². The molecule has 44 heavy (non-hydrogen) atoms. The van der Waals surface area contributed by atoms with Gasteiger partial charge in [-0.2, -0.15) is 0 Å². The summed E-state index contributed by atoms with van der Waals surface area (Å²) in [6, 6.07) is 55.4. The summed E-state index contributed by atoms with van der Waals surface area (Å²) >= 11 is 0. The Hall–Kier alpha value is -5.93. The van der Waals surface area contributed by atoms with E-state index >= 15 is 0 Å². The molecule has 1 aromatic heterocycles. The molecule has 7 aromatic carbocycles. The quantitative estimate of drug-likeness (QED) is 0.213. The number of benzene rings is 7. The molecule has 0 N–H and O–H groups in total. The summed E-state index contributed by atoms with van der Waals surface area (Å²) in [5.74, 6) is 2.74. The van der Waals surface area contributed by atoms with Crippen LogP contribution < -0.4 is 4.74 Å². The summed E-state index contributed by atoms with van der Waals surface area (Å²) in [5, 5.41) is 2.35. The third-order valence-electron chi connectivity index (χ3n) is 8.63. The number of nitrogens with zero attached hydrogens (tertiary/aromatic N) is 2. The lowest BCUT2D eigenvalue weighted by molar-refractivity contribution is 0.487. The van der Waals surface area contributed by atoms with E-state index in [0.717, 1.165) is 61.7 Å². The van der Waals surface area contributed by atoms with Gasteiger partial charge >= 0.3 is 0 Å². The molecule has 0 fully saturated rings. The molecule has 0 saturated carbocycles. The van der Waals surface area contributed by atoms with Gasteiger partial charge in [-0.15, -0.1) is 0 Å². The van der Waals surface area contributed by atoms with Gasteiger partial charge in [0.15, 0.2) is 0 Å². The fraction of sp³-hybridized carbons (Fsp3) is 0. The second kappa shape index (κ2) is 9.82. The average Bonchev–Trinajstić information content (AvgIpc) is 3.48. The standard InChI is InChI=1S/C41H26N2O/c1-3-10-27(11-4-1)30-20-24-37-36(26-30)42-41(29-12-5-2-6-13-29)43(37)31-21-18-28(19-22-31)32-23-25-39-40-34(32)15-9-16-35(40)33-14-7-8-17-38(33)44-39/h1-26H. The lowest BCUT2D eigenvalue weighted by Gasteiger charge is -2.22. The highest BCUT2D eigenvalue weighted by atomic mass is 16.5. The molecule has 1 aliphatic rings. The molecule has 3 heteroatoms. The maximum atomic E-state index is 6.33. The van der Waals surface area contributed by atoms with E-state index in [0.29, 0.717) is 0 Å². The molecule has 0 amide bonds. The van der Waals surface area contributed by atoms with Gasteiger partial charge < -0.3 is 4.74 Å². The Labute approximate surface area is 255 Å². The number of para-hydroxylation sites is 1. The summed E-state index contributed by atoms with van der Waals surface area (Å²) in [6.07, 6.45) is 0. The Morgan fingerprint density at radius 3 is 1.98 bits per heavy atom. The third-order valence-corrected chi connectivity index (χ3v) is 8.63. The zero-order valence-electron chi connectivity index (χ0n) is 23.8. The lowest BCUT2D eigenvalue weighted by Crippen LogP contribution is -1.98. The Morgan fingerprint density at radius 2 is 1.16 bits per heavy atom. The molecule has 2 heterocycles. The highest BCUT2D eigenvalue weighted by Gasteiger charge is 2.21. The Kier molecular flexibility index (Phi) is 5.50. The van der Waals surface area contributed by atoms with Crippen LogP contribution in [0, 0.1) is 0 Å². The van der Waals surface area contributed by atoms with Crippen molar-refractivity contribution >= 4 is 21.8 Å². The molecule has 3 nitrogen and oxygen atoms in total. The van der Waals surface area contributed by atoms with Gasteiger partial charge in [0.1, 0.15) is 17.3 Å². The smallest absolute Gasteiger partial charge is 0.145 e. The molecular formula is C41H26N2O. The van der Waals surface area contributed by atoms with E-state index in [2.05, 4.69) is 138 Å².